The molecule has 112 valence electrons. The van der Waals surface area contributed by atoms with Crippen molar-refractivity contribution < 1.29 is 23.6 Å². The number of nitrogens with zero attached hydrogens (tertiary/aromatic N) is 2. The smallest absolute Gasteiger partial charge is 0.369 e. The van der Waals surface area contributed by atoms with Crippen LogP contribution in [0, 0.1) is 0 Å². The first-order valence-corrected chi connectivity index (χ1v) is 7.06. The molecule has 2 rings (SSSR count). The third-order valence-electron chi connectivity index (χ3n) is 2.40. The molecule has 2 heterocycles. The van der Waals surface area contributed by atoms with Crippen LogP contribution < -0.4 is 21.5 Å². The van der Waals surface area contributed by atoms with Crippen molar-refractivity contribution in [2.45, 2.75) is 0 Å². The van der Waals surface area contributed by atoms with E-state index in [9.17, 15) is 9.36 Å². The molecule has 0 aromatic carbocycles. The normalized spacial score (nSPS) is 14.2. The first-order chi connectivity index (χ1) is 9.37. The van der Waals surface area contributed by atoms with E-state index in [1.54, 1.807) is 4.90 Å². The van der Waals surface area contributed by atoms with Gasteiger partial charge in [0.2, 0.25) is 5.95 Å². The van der Waals surface area contributed by atoms with Crippen molar-refractivity contribution in [1.82, 2.24) is 9.97 Å². The van der Waals surface area contributed by atoms with Crippen LogP contribution in [0.5, 0.6) is 0 Å². The Morgan fingerprint density at radius 1 is 1.45 bits per heavy atom. The summed E-state index contributed by atoms with van der Waals surface area (Å²) in [5.41, 5.74) is 5.37. The minimum Gasteiger partial charge on any atom is -0.369 e. The van der Waals surface area contributed by atoms with Crippen LogP contribution in [0.1, 0.15) is 0 Å². The monoisotopic (exact) mass is 307 g/mol. The van der Waals surface area contributed by atoms with Gasteiger partial charge in [0.05, 0.1) is 19.9 Å². The highest BCUT2D eigenvalue weighted by molar-refractivity contribution is 7.46. The van der Waals surface area contributed by atoms with Crippen LogP contribution >= 0.6 is 7.82 Å². The zero-order chi connectivity index (χ0) is 14.8. The number of rotatable bonds is 6. The van der Waals surface area contributed by atoms with E-state index < -0.39 is 7.82 Å². The van der Waals surface area contributed by atoms with Crippen molar-refractivity contribution >= 4 is 25.3 Å². The Morgan fingerprint density at radius 2 is 2.20 bits per heavy atom. The molecule has 1 aliphatic heterocycles. The quantitative estimate of drug-likeness (QED) is 0.313. The number of hydrogen-bond donors (Lipinski definition) is 5. The summed E-state index contributed by atoms with van der Waals surface area (Å²) in [6.07, 6.45) is 0. The van der Waals surface area contributed by atoms with Crippen molar-refractivity contribution in [2.75, 3.05) is 42.6 Å². The van der Waals surface area contributed by atoms with Crippen molar-refractivity contribution in [3.63, 3.8) is 0 Å². The first kappa shape index (κ1) is 14.8. The minimum atomic E-state index is -4.48. The van der Waals surface area contributed by atoms with E-state index in [1.165, 1.54) is 0 Å². The van der Waals surface area contributed by atoms with Crippen LogP contribution in [0.2, 0.25) is 0 Å². The molecule has 0 aliphatic carbocycles. The maximum Gasteiger partial charge on any atom is 0.469 e. The summed E-state index contributed by atoms with van der Waals surface area (Å²) in [4.78, 5) is 36.4. The number of phosphoric ester groups is 1. The van der Waals surface area contributed by atoms with Gasteiger partial charge in [0.25, 0.3) is 5.56 Å². The van der Waals surface area contributed by atoms with Gasteiger partial charge in [-0.15, -0.1) is 0 Å². The molecule has 0 bridgehead atoms. The minimum absolute atomic E-state index is 0.00715. The lowest BCUT2D eigenvalue weighted by Crippen LogP contribution is -2.27. The van der Waals surface area contributed by atoms with E-state index in [0.717, 1.165) is 0 Å². The number of aromatic nitrogens is 2. The zero-order valence-corrected chi connectivity index (χ0v) is 11.2. The third kappa shape index (κ3) is 3.68. The number of nitrogen functional groups attached to an aromatic ring is 1. The van der Waals surface area contributed by atoms with Crippen molar-refractivity contribution in [2.24, 2.45) is 0 Å². The van der Waals surface area contributed by atoms with Crippen LogP contribution in [-0.2, 0) is 13.8 Å². The Morgan fingerprint density at radius 3 is 2.90 bits per heavy atom. The van der Waals surface area contributed by atoms with Gasteiger partial charge in [-0.05, 0) is 0 Å². The van der Waals surface area contributed by atoms with E-state index in [1.807, 2.05) is 0 Å². The summed E-state index contributed by atoms with van der Waals surface area (Å²) in [6, 6.07) is 0. The van der Waals surface area contributed by atoms with Crippen LogP contribution in [0.15, 0.2) is 4.79 Å². The van der Waals surface area contributed by atoms with Crippen molar-refractivity contribution in [3.8, 4) is 0 Å². The van der Waals surface area contributed by atoms with Gasteiger partial charge >= 0.3 is 7.82 Å². The average molecular weight is 307 g/mol. The van der Waals surface area contributed by atoms with E-state index in [-0.39, 0.29) is 31.5 Å². The number of nitrogens with two attached hydrogens (primary N) is 1. The highest BCUT2D eigenvalue weighted by Gasteiger charge is 2.23. The number of anilines is 3. The number of hydrogen-bond acceptors (Lipinski definition) is 8. The number of ether oxygens (including phenoxy) is 1. The average Bonchev–Trinajstić information content (AvgIpc) is 2.70. The topological polar surface area (TPSA) is 163 Å². The van der Waals surface area contributed by atoms with Gasteiger partial charge in [-0.25, -0.2) is 4.57 Å². The van der Waals surface area contributed by atoms with Crippen LogP contribution in [0.25, 0.3) is 0 Å². The van der Waals surface area contributed by atoms with E-state index in [4.69, 9.17) is 20.3 Å². The van der Waals surface area contributed by atoms with Crippen molar-refractivity contribution in [1.29, 1.82) is 0 Å². The molecule has 0 unspecified atom stereocenters. The summed E-state index contributed by atoms with van der Waals surface area (Å²) < 4.78 is 19.8. The molecule has 1 aliphatic rings. The molecule has 20 heavy (non-hydrogen) atoms. The van der Waals surface area contributed by atoms with Crippen LogP contribution in [0.4, 0.5) is 17.5 Å². The second-order valence-electron chi connectivity index (χ2n) is 3.89. The molecule has 0 saturated carbocycles. The highest BCUT2D eigenvalue weighted by Crippen LogP contribution is 2.35. The lowest BCUT2D eigenvalue weighted by Gasteiger charge is -2.16. The maximum atomic E-state index is 11.6. The standard InChI is InChI=1S/C8H14N5O6P/c9-8-11-6-5(7(14)12-8)10-3-13(6)4-18-1-2-19-20(15,16)17/h10H,1-4H2,(H2,15,16,17)(H3,9,11,12,14). The molecule has 11 nitrogen and oxygen atoms in total. The summed E-state index contributed by atoms with van der Waals surface area (Å²) in [5.74, 6) is 0.356. The fraction of sp³-hybridized carbons (Fsp3) is 0.500. The molecule has 1 aromatic rings. The molecule has 6 N–H and O–H groups in total. The first-order valence-electron chi connectivity index (χ1n) is 5.53. The van der Waals surface area contributed by atoms with E-state index in [2.05, 4.69) is 19.8 Å². The molecule has 0 atom stereocenters. The summed E-state index contributed by atoms with van der Waals surface area (Å²) in [6.45, 7) is 0.119. The molecule has 0 amide bonds. The van der Waals surface area contributed by atoms with Gasteiger partial charge in [-0.1, -0.05) is 0 Å². The van der Waals surface area contributed by atoms with Crippen LogP contribution in [-0.4, -0.2) is 46.4 Å². The van der Waals surface area contributed by atoms with Crippen molar-refractivity contribution in [3.05, 3.63) is 10.4 Å². The summed E-state index contributed by atoms with van der Waals surface area (Å²) >= 11 is 0. The second kappa shape index (κ2) is 5.77. The largest absolute Gasteiger partial charge is 0.469 e. The van der Waals surface area contributed by atoms with Gasteiger partial charge in [0, 0.05) is 0 Å². The molecular formula is C8H14N5O6P. The number of H-pyrrole nitrogens is 1. The SMILES string of the molecule is Nc1nc2c(c(=O)[nH]1)NCN2COCCOP(=O)(O)O. The Balaban J connectivity index is 1.86. The molecule has 1 aromatic heterocycles. The molecule has 0 spiro atoms. The zero-order valence-electron chi connectivity index (χ0n) is 10.3. The molecule has 0 fully saturated rings. The van der Waals surface area contributed by atoms with Crippen LogP contribution in [0.3, 0.4) is 0 Å². The Hall–Kier alpha value is -1.65. The van der Waals surface area contributed by atoms with Gasteiger partial charge < -0.3 is 30.5 Å². The Labute approximate surface area is 113 Å². The van der Waals surface area contributed by atoms with Gasteiger partial charge in [-0.3, -0.25) is 14.3 Å². The summed E-state index contributed by atoms with van der Waals surface area (Å²) in [5, 5.41) is 2.84. The molecule has 0 saturated heterocycles. The lowest BCUT2D eigenvalue weighted by molar-refractivity contribution is 0.0864. The Kier molecular flexibility index (Phi) is 4.26. The van der Waals surface area contributed by atoms with E-state index in [0.29, 0.717) is 18.2 Å². The third-order valence-corrected chi connectivity index (χ3v) is 2.92. The number of fused-ring (bicyclic) bond motifs is 1. The highest BCUT2D eigenvalue weighted by atomic mass is 31.2. The number of aromatic amines is 1. The fourth-order valence-electron chi connectivity index (χ4n) is 1.61. The maximum absolute atomic E-state index is 11.6. The fourth-order valence-corrected chi connectivity index (χ4v) is 1.92. The Bertz CT molecular complexity index is 585. The van der Waals surface area contributed by atoms with E-state index >= 15 is 0 Å². The molecule has 12 heteroatoms. The van der Waals surface area contributed by atoms with Gasteiger partial charge in [-0.2, -0.15) is 4.98 Å². The number of nitrogens with one attached hydrogen (secondary N) is 2. The van der Waals surface area contributed by atoms with Gasteiger partial charge in [0.15, 0.2) is 5.82 Å². The summed E-state index contributed by atoms with van der Waals surface area (Å²) in [7, 11) is -4.48. The second-order valence-corrected chi connectivity index (χ2v) is 5.13. The molecule has 0 radical (unpaired) electrons. The predicted molar refractivity (Wildman–Crippen MR) is 69.1 cm³/mol. The van der Waals surface area contributed by atoms with Gasteiger partial charge in [0.1, 0.15) is 12.4 Å². The molecular weight excluding hydrogens is 293 g/mol. The predicted octanol–water partition coefficient (Wildman–Crippen LogP) is -1.38. The number of phosphoric acid groups is 1. The lowest BCUT2D eigenvalue weighted by atomic mass is 10.5.